The van der Waals surface area contributed by atoms with Crippen molar-refractivity contribution >= 4 is 10.0 Å². The Morgan fingerprint density at radius 1 is 1.22 bits per heavy atom. The van der Waals surface area contributed by atoms with Crippen LogP contribution in [0.2, 0.25) is 0 Å². The quantitative estimate of drug-likeness (QED) is 0.774. The van der Waals surface area contributed by atoms with Gasteiger partial charge in [0.05, 0.1) is 5.75 Å². The van der Waals surface area contributed by atoms with Crippen LogP contribution in [0, 0.1) is 5.92 Å². The van der Waals surface area contributed by atoms with E-state index in [4.69, 9.17) is 0 Å². The summed E-state index contributed by atoms with van der Waals surface area (Å²) in [6, 6.07) is 0.388. The highest BCUT2D eigenvalue weighted by atomic mass is 32.2. The predicted molar refractivity (Wildman–Crippen MR) is 74.0 cm³/mol. The average molecular weight is 274 g/mol. The summed E-state index contributed by atoms with van der Waals surface area (Å²) in [4.78, 5) is 0. The summed E-state index contributed by atoms with van der Waals surface area (Å²) in [5, 5.41) is 3.40. The van der Waals surface area contributed by atoms with Crippen LogP contribution in [0.3, 0.4) is 0 Å². The molecule has 18 heavy (non-hydrogen) atoms. The van der Waals surface area contributed by atoms with E-state index in [0.29, 0.717) is 12.0 Å². The normalized spacial score (nSPS) is 26.2. The molecule has 0 bridgehead atoms. The molecule has 2 N–H and O–H groups in total. The van der Waals surface area contributed by atoms with Gasteiger partial charge in [-0.2, -0.15) is 0 Å². The molecule has 2 aliphatic rings. The van der Waals surface area contributed by atoms with E-state index >= 15 is 0 Å². The number of rotatable bonds is 6. The Balaban J connectivity index is 1.79. The fraction of sp³-hybridized carbons (Fsp3) is 1.00. The second-order valence-corrected chi connectivity index (χ2v) is 8.19. The minimum atomic E-state index is -3.13. The van der Waals surface area contributed by atoms with E-state index in [1.54, 1.807) is 0 Å². The van der Waals surface area contributed by atoms with Crippen molar-refractivity contribution in [2.75, 3.05) is 12.3 Å². The van der Waals surface area contributed by atoms with Gasteiger partial charge in [0.1, 0.15) is 0 Å². The third-order valence-corrected chi connectivity index (χ3v) is 5.77. The highest BCUT2D eigenvalue weighted by molar-refractivity contribution is 7.89. The van der Waals surface area contributed by atoms with E-state index in [2.05, 4.69) is 10.0 Å². The first-order valence-corrected chi connectivity index (χ1v) is 8.79. The molecule has 106 valence electrons. The minimum absolute atomic E-state index is 0.251. The van der Waals surface area contributed by atoms with Crippen molar-refractivity contribution in [3.8, 4) is 0 Å². The van der Waals surface area contributed by atoms with Crippen LogP contribution in [0.25, 0.3) is 0 Å². The Morgan fingerprint density at radius 3 is 2.50 bits per heavy atom. The summed E-state index contributed by atoms with van der Waals surface area (Å²) < 4.78 is 27.0. The Bertz CT molecular complexity index is 368. The van der Waals surface area contributed by atoms with Crippen LogP contribution in [0.1, 0.15) is 52.4 Å². The molecule has 1 heterocycles. The molecule has 2 rings (SSSR count). The zero-order valence-electron chi connectivity index (χ0n) is 11.5. The lowest BCUT2D eigenvalue weighted by atomic mass is 10.0. The van der Waals surface area contributed by atoms with Gasteiger partial charge >= 0.3 is 0 Å². The number of hydrogen-bond donors (Lipinski definition) is 2. The Labute approximate surface area is 111 Å². The summed E-state index contributed by atoms with van der Waals surface area (Å²) >= 11 is 0. The molecule has 0 amide bonds. The number of sulfonamides is 1. The first-order chi connectivity index (χ1) is 8.39. The van der Waals surface area contributed by atoms with Gasteiger partial charge in [-0.25, -0.2) is 13.1 Å². The molecule has 1 aliphatic carbocycles. The van der Waals surface area contributed by atoms with E-state index in [1.807, 2.05) is 13.8 Å². The molecule has 1 saturated carbocycles. The van der Waals surface area contributed by atoms with Crippen LogP contribution in [-0.2, 0) is 10.0 Å². The van der Waals surface area contributed by atoms with Crippen LogP contribution < -0.4 is 10.0 Å². The molecule has 2 fully saturated rings. The summed E-state index contributed by atoms with van der Waals surface area (Å²) in [5.74, 6) is 0.779. The molecule has 1 atom stereocenters. The first-order valence-electron chi connectivity index (χ1n) is 7.14. The molecule has 5 heteroatoms. The van der Waals surface area contributed by atoms with Crippen molar-refractivity contribution in [1.29, 1.82) is 0 Å². The minimum Gasteiger partial charge on any atom is -0.314 e. The lowest BCUT2D eigenvalue weighted by Gasteiger charge is -2.27. The zero-order chi connectivity index (χ0) is 13.2. The third kappa shape index (κ3) is 4.21. The fourth-order valence-electron chi connectivity index (χ4n) is 2.81. The van der Waals surface area contributed by atoms with Gasteiger partial charge < -0.3 is 5.32 Å². The van der Waals surface area contributed by atoms with Gasteiger partial charge in [-0.15, -0.1) is 0 Å². The molecule has 4 nitrogen and oxygen atoms in total. The van der Waals surface area contributed by atoms with Gasteiger partial charge in [0.2, 0.25) is 10.0 Å². The highest BCUT2D eigenvalue weighted by Crippen LogP contribution is 2.39. The molecule has 0 radical (unpaired) electrons. The molecule has 1 unspecified atom stereocenters. The van der Waals surface area contributed by atoms with Crippen molar-refractivity contribution in [2.45, 2.75) is 64.0 Å². The van der Waals surface area contributed by atoms with Crippen LogP contribution in [0.15, 0.2) is 0 Å². The number of nitrogens with one attached hydrogen (secondary N) is 2. The Hall–Kier alpha value is -0.130. The highest BCUT2D eigenvalue weighted by Gasteiger charge is 2.40. The van der Waals surface area contributed by atoms with E-state index in [9.17, 15) is 8.42 Å². The average Bonchev–Trinajstić information content (AvgIpc) is 3.10. The van der Waals surface area contributed by atoms with E-state index in [-0.39, 0.29) is 11.3 Å². The molecular weight excluding hydrogens is 248 g/mol. The summed E-state index contributed by atoms with van der Waals surface area (Å²) in [7, 11) is -3.13. The maximum absolute atomic E-state index is 12.1. The number of hydrogen-bond acceptors (Lipinski definition) is 3. The lowest BCUT2D eigenvalue weighted by Crippen LogP contribution is -2.47. The maximum atomic E-state index is 12.1. The lowest BCUT2D eigenvalue weighted by molar-refractivity contribution is 0.384. The number of piperidine rings is 1. The molecule has 1 saturated heterocycles. The molecule has 0 aromatic carbocycles. The van der Waals surface area contributed by atoms with Gasteiger partial charge in [0.25, 0.3) is 0 Å². The predicted octanol–water partition coefficient (Wildman–Crippen LogP) is 1.63. The Kier molecular flexibility index (Phi) is 4.34. The maximum Gasteiger partial charge on any atom is 0.212 e. The van der Waals surface area contributed by atoms with Crippen LogP contribution >= 0.6 is 0 Å². The van der Waals surface area contributed by atoms with Gasteiger partial charge in [0.15, 0.2) is 0 Å². The van der Waals surface area contributed by atoms with Crippen LogP contribution in [0.4, 0.5) is 0 Å². The topological polar surface area (TPSA) is 58.2 Å². The monoisotopic (exact) mass is 274 g/mol. The van der Waals surface area contributed by atoms with Crippen molar-refractivity contribution < 1.29 is 8.42 Å². The van der Waals surface area contributed by atoms with Crippen molar-refractivity contribution in [2.24, 2.45) is 5.92 Å². The van der Waals surface area contributed by atoms with Gasteiger partial charge in [-0.3, -0.25) is 0 Å². The zero-order valence-corrected chi connectivity index (χ0v) is 12.4. The van der Waals surface area contributed by atoms with Crippen molar-refractivity contribution in [3.63, 3.8) is 0 Å². The second kappa shape index (κ2) is 5.47. The van der Waals surface area contributed by atoms with Crippen LogP contribution in [-0.4, -0.2) is 32.3 Å². The first kappa shape index (κ1) is 14.3. The second-order valence-electron chi connectivity index (χ2n) is 6.35. The van der Waals surface area contributed by atoms with E-state index in [0.717, 1.165) is 32.2 Å². The summed E-state index contributed by atoms with van der Waals surface area (Å²) in [5.41, 5.74) is -0.265. The summed E-state index contributed by atoms with van der Waals surface area (Å²) in [6.07, 6.45) is 6.59. The van der Waals surface area contributed by atoms with Crippen molar-refractivity contribution in [3.05, 3.63) is 0 Å². The third-order valence-electron chi connectivity index (χ3n) is 4.16. The molecule has 0 spiro atoms. The van der Waals surface area contributed by atoms with E-state index in [1.165, 1.54) is 12.8 Å². The van der Waals surface area contributed by atoms with Crippen molar-refractivity contribution in [1.82, 2.24) is 10.0 Å². The molecule has 0 aromatic rings. The molecule has 0 aromatic heterocycles. The molecular formula is C13H26N2O2S. The summed E-state index contributed by atoms with van der Waals surface area (Å²) in [6.45, 7) is 5.04. The molecule has 1 aliphatic heterocycles. The standard InChI is InChI=1S/C13H26N2O2S/c1-13(2,11-6-7-11)15-18(16,17)10-8-12-5-3-4-9-14-12/h11-12,14-15H,3-10H2,1-2H3. The van der Waals surface area contributed by atoms with E-state index < -0.39 is 10.0 Å². The smallest absolute Gasteiger partial charge is 0.212 e. The SMILES string of the molecule is CC(C)(NS(=O)(=O)CCC1CCCCN1)C1CC1. The van der Waals surface area contributed by atoms with Gasteiger partial charge in [-0.1, -0.05) is 6.42 Å². The Morgan fingerprint density at radius 2 is 1.94 bits per heavy atom. The van der Waals surface area contributed by atoms with Crippen LogP contribution in [0.5, 0.6) is 0 Å². The largest absolute Gasteiger partial charge is 0.314 e. The fourth-order valence-corrected chi connectivity index (χ4v) is 4.47. The van der Waals surface area contributed by atoms with Gasteiger partial charge in [-0.05, 0) is 58.4 Å². The van der Waals surface area contributed by atoms with Gasteiger partial charge in [0, 0.05) is 11.6 Å².